The van der Waals surface area contributed by atoms with Gasteiger partial charge in [0.2, 0.25) is 0 Å². The Bertz CT molecular complexity index is 2290. The van der Waals surface area contributed by atoms with Crippen molar-refractivity contribution >= 4 is 64.6 Å². The summed E-state index contributed by atoms with van der Waals surface area (Å²) in [5, 5.41) is 11.1. The molecule has 0 heteroatoms. The second-order valence-electron chi connectivity index (χ2n) is 10.9. The number of benzene rings is 6. The van der Waals surface area contributed by atoms with Gasteiger partial charge in [0.15, 0.2) is 0 Å². The van der Waals surface area contributed by atoms with Crippen molar-refractivity contribution in [3.8, 4) is 0 Å². The van der Waals surface area contributed by atoms with E-state index >= 15 is 0 Å². The first-order chi connectivity index (χ1) is 23.7. The van der Waals surface area contributed by atoms with E-state index in [1.54, 1.807) is 0 Å². The first-order valence-corrected chi connectivity index (χ1v) is 15.4. The molecule has 0 amide bonds. The van der Waals surface area contributed by atoms with Crippen LogP contribution >= 0.6 is 0 Å². The second-order valence-corrected chi connectivity index (χ2v) is 10.9. The van der Waals surface area contributed by atoms with Crippen LogP contribution in [0.3, 0.4) is 0 Å². The van der Waals surface area contributed by atoms with Gasteiger partial charge in [0.1, 0.15) is 0 Å². The van der Waals surface area contributed by atoms with Crippen molar-refractivity contribution in [2.75, 3.05) is 0 Å². The van der Waals surface area contributed by atoms with Gasteiger partial charge in [0, 0.05) is 64.6 Å². The Hall–Kier alpha value is -7.32. The van der Waals surface area contributed by atoms with Crippen molar-refractivity contribution in [1.82, 2.24) is 0 Å². The summed E-state index contributed by atoms with van der Waals surface area (Å²) in [6.45, 7) is 0. The summed E-state index contributed by atoms with van der Waals surface area (Å²) in [5.74, 6) is 0. The molecule has 10 bridgehead atoms. The van der Waals surface area contributed by atoms with Crippen LogP contribution in [0.2, 0.25) is 0 Å². The summed E-state index contributed by atoms with van der Waals surface area (Å²) >= 11 is 0. The Balaban J connectivity index is 1.31. The molecule has 0 unspecified atom stereocenters. The van der Waals surface area contributed by atoms with Crippen molar-refractivity contribution in [3.63, 3.8) is 0 Å². The van der Waals surface area contributed by atoms with Crippen LogP contribution in [0.25, 0.3) is 64.6 Å². The zero-order chi connectivity index (χ0) is 32.4. The second kappa shape index (κ2) is 14.2. The third-order valence-corrected chi connectivity index (χ3v) is 7.44. The maximum absolute atomic E-state index is 3.30. The summed E-state index contributed by atoms with van der Waals surface area (Å²) in [7, 11) is 0. The lowest BCUT2D eigenvalue weighted by molar-refractivity contribution is 1.79. The van der Waals surface area contributed by atoms with Crippen molar-refractivity contribution in [1.29, 1.82) is 0 Å². The third-order valence-electron chi connectivity index (χ3n) is 7.44. The molecule has 0 aliphatic carbocycles. The Kier molecular flexibility index (Phi) is 8.69. The third kappa shape index (κ3) is 7.84. The molecular weight excluding hydrogens is 577 g/mol. The Labute approximate surface area is 282 Å². The minimum atomic E-state index is 0.886. The molecule has 0 aliphatic heterocycles. The molecule has 0 aliphatic rings. The van der Waals surface area contributed by atoms with Crippen LogP contribution in [-0.2, 0) is 0 Å². The van der Waals surface area contributed by atoms with Gasteiger partial charge >= 0.3 is 0 Å². The van der Waals surface area contributed by atoms with E-state index in [4.69, 9.17) is 0 Å². The molecule has 0 saturated heterocycles. The number of hydrogen-bond acceptors (Lipinski definition) is 0. The van der Waals surface area contributed by atoms with E-state index in [0.717, 1.165) is 64.6 Å². The molecule has 0 saturated carbocycles. The lowest BCUT2D eigenvalue weighted by atomic mass is 10.2. The zero-order valence-corrected chi connectivity index (χ0v) is 25.9. The van der Waals surface area contributed by atoms with Crippen LogP contribution in [0.5, 0.6) is 0 Å². The first kappa shape index (κ1) is 29.4. The molecule has 0 N–H and O–H groups in total. The number of hydrogen-bond donors (Lipinski definition) is 0. The van der Waals surface area contributed by atoms with E-state index in [1.165, 1.54) is 0 Å². The predicted octanol–water partition coefficient (Wildman–Crippen LogP) is 11.3. The van der Waals surface area contributed by atoms with Crippen LogP contribution in [0.1, 0.15) is 0 Å². The summed E-state index contributed by atoms with van der Waals surface area (Å²) in [4.78, 5) is 0. The molecular formula is C48H24. The molecule has 0 aromatic heterocycles. The maximum atomic E-state index is 3.30. The van der Waals surface area contributed by atoms with E-state index in [9.17, 15) is 0 Å². The number of fused-ring (bicyclic) bond motifs is 1. The number of rotatable bonds is 0. The van der Waals surface area contributed by atoms with Crippen LogP contribution in [0.15, 0.2) is 146 Å². The zero-order valence-electron chi connectivity index (χ0n) is 25.9. The highest BCUT2D eigenvalue weighted by Crippen LogP contribution is 2.09. The molecule has 14 rings (SSSR count). The fourth-order valence-electron chi connectivity index (χ4n) is 4.74. The van der Waals surface area contributed by atoms with Gasteiger partial charge in [-0.15, -0.1) is 0 Å². The molecule has 0 fully saturated rings. The van der Waals surface area contributed by atoms with Gasteiger partial charge in [-0.1, -0.05) is 84.9 Å². The van der Waals surface area contributed by atoms with Gasteiger partial charge < -0.3 is 0 Å². The molecule has 14 aromatic carbocycles. The Morgan fingerprint density at radius 2 is 0.312 bits per heavy atom. The monoisotopic (exact) mass is 600 g/mol. The van der Waals surface area contributed by atoms with Gasteiger partial charge in [-0.3, -0.25) is 0 Å². The van der Waals surface area contributed by atoms with Gasteiger partial charge in [-0.05, 0) is 133 Å². The molecule has 0 heterocycles. The maximum Gasteiger partial charge on any atom is 0.0405 e. The minimum Gasteiger partial charge on any atom is -0.0617 e. The lowest BCUT2D eigenvalue weighted by Gasteiger charge is -1.86. The van der Waals surface area contributed by atoms with E-state index in [0.29, 0.717) is 0 Å². The highest BCUT2D eigenvalue weighted by Gasteiger charge is 1.87. The lowest BCUT2D eigenvalue weighted by Crippen LogP contribution is -1.65. The predicted molar refractivity (Wildman–Crippen MR) is 197 cm³/mol. The van der Waals surface area contributed by atoms with E-state index < -0.39 is 0 Å². The van der Waals surface area contributed by atoms with Gasteiger partial charge in [0.05, 0.1) is 0 Å². The highest BCUT2D eigenvalue weighted by atomic mass is 13.9. The topological polar surface area (TPSA) is 0 Å². The van der Waals surface area contributed by atoms with Crippen molar-refractivity contribution in [2.45, 2.75) is 0 Å². The molecule has 0 spiro atoms. The van der Waals surface area contributed by atoms with E-state index in [-0.39, 0.29) is 0 Å². The Morgan fingerprint density at radius 3 is 0.479 bits per heavy atom. The average molecular weight is 601 g/mol. The summed E-state index contributed by atoms with van der Waals surface area (Å²) < 4.78 is 0. The van der Waals surface area contributed by atoms with E-state index in [2.05, 4.69) is 72.8 Å². The molecule has 14 aromatic rings. The fraction of sp³-hybridized carbons (Fsp3) is 0. The van der Waals surface area contributed by atoms with Crippen molar-refractivity contribution < 1.29 is 0 Å². The van der Waals surface area contributed by atoms with Gasteiger partial charge in [0.25, 0.3) is 0 Å². The Morgan fingerprint density at radius 1 is 0.167 bits per heavy atom. The normalized spacial score (nSPS) is 9.50. The smallest absolute Gasteiger partial charge is 0.0405 e. The first-order valence-electron chi connectivity index (χ1n) is 15.4. The quantitative estimate of drug-likeness (QED) is 0.162. The summed E-state index contributed by atoms with van der Waals surface area (Å²) in [5.41, 5.74) is 0. The molecule has 0 atom stereocenters. The van der Waals surface area contributed by atoms with Crippen LogP contribution in [0.4, 0.5) is 0 Å². The van der Waals surface area contributed by atoms with Crippen LogP contribution in [-0.4, -0.2) is 0 Å². The standard InChI is InChI=1S/C48H24/c1-2-4-48-36-34-46-31-27-44(28-32-46)24-22-42-19-15-40(16-20-42)12-10-38-7-5-37(6-8-38)9-11-39-13-17-41(18-14-39)21-23-43-25-29-45(30-26-43)33-35-47(48)3-1/h1-8,13-20,25-32H. The SMILES string of the molecule is c1c2ccc(c#cc3ccc(c#cc4ccc(c#cc5ccccc5c#cc5ccc(c#cc6ccc(c#1)cc6)cc5)cc4)cc3)cc2. The molecule has 216 valence electrons. The van der Waals surface area contributed by atoms with Gasteiger partial charge in [-0.2, -0.15) is 0 Å². The van der Waals surface area contributed by atoms with Crippen molar-refractivity contribution in [3.05, 3.63) is 218 Å². The van der Waals surface area contributed by atoms with Crippen LogP contribution < -0.4 is 0 Å². The molecule has 0 nitrogen and oxygen atoms in total. The average Bonchev–Trinajstić information content (AvgIpc) is 3.15. The fourth-order valence-corrected chi connectivity index (χ4v) is 4.74. The minimum absolute atomic E-state index is 0.886. The van der Waals surface area contributed by atoms with Crippen molar-refractivity contribution in [2.24, 2.45) is 0 Å². The summed E-state index contributed by atoms with van der Waals surface area (Å²) in [6, 6.07) is 86.9. The van der Waals surface area contributed by atoms with Crippen LogP contribution in [0, 0.1) is 72.8 Å². The molecule has 0 radical (unpaired) electrons. The highest BCUT2D eigenvalue weighted by molar-refractivity contribution is 5.79. The largest absolute Gasteiger partial charge is 0.0617 e. The summed E-state index contributed by atoms with van der Waals surface area (Å²) in [6.07, 6.45) is 0. The van der Waals surface area contributed by atoms with Gasteiger partial charge in [-0.25, -0.2) is 0 Å². The molecule has 48 heavy (non-hydrogen) atoms. The van der Waals surface area contributed by atoms with E-state index in [1.807, 2.05) is 146 Å².